The zero-order chi connectivity index (χ0) is 13.9. The van der Waals surface area contributed by atoms with E-state index in [1.165, 1.54) is 6.07 Å². The number of nitrogens with zero attached hydrogens (tertiary/aromatic N) is 1. The molecule has 1 aromatic carbocycles. The van der Waals surface area contributed by atoms with Crippen molar-refractivity contribution in [3.8, 4) is 11.5 Å². The molecule has 0 aliphatic carbocycles. The SMILES string of the molecule is [CH2]Cc1ccc(Oc2ccc(C(F)(F)F)nc2)cc1. The quantitative estimate of drug-likeness (QED) is 0.827. The first-order valence-corrected chi connectivity index (χ1v) is 5.58. The highest BCUT2D eigenvalue weighted by Gasteiger charge is 2.32. The first kappa shape index (κ1) is 13.4. The van der Waals surface area contributed by atoms with Gasteiger partial charge in [-0.25, -0.2) is 4.98 Å². The summed E-state index contributed by atoms with van der Waals surface area (Å²) in [4.78, 5) is 3.32. The van der Waals surface area contributed by atoms with Gasteiger partial charge in [0.25, 0.3) is 0 Å². The van der Waals surface area contributed by atoms with Crippen LogP contribution in [-0.4, -0.2) is 4.98 Å². The van der Waals surface area contributed by atoms with E-state index < -0.39 is 11.9 Å². The van der Waals surface area contributed by atoms with Gasteiger partial charge in [-0.3, -0.25) is 0 Å². The van der Waals surface area contributed by atoms with Crippen molar-refractivity contribution in [3.05, 3.63) is 60.8 Å². The number of alkyl halides is 3. The fourth-order valence-corrected chi connectivity index (χ4v) is 1.47. The van der Waals surface area contributed by atoms with E-state index in [1.807, 2.05) is 12.1 Å². The van der Waals surface area contributed by atoms with Crippen LogP contribution in [0, 0.1) is 6.92 Å². The number of benzene rings is 1. The van der Waals surface area contributed by atoms with Crippen LogP contribution in [0.3, 0.4) is 0 Å². The first-order valence-electron chi connectivity index (χ1n) is 5.58. The van der Waals surface area contributed by atoms with E-state index >= 15 is 0 Å². The van der Waals surface area contributed by atoms with Crippen LogP contribution < -0.4 is 4.74 Å². The van der Waals surface area contributed by atoms with Gasteiger partial charge in [0.2, 0.25) is 0 Å². The van der Waals surface area contributed by atoms with Gasteiger partial charge in [-0.2, -0.15) is 13.2 Å². The largest absolute Gasteiger partial charge is 0.456 e. The van der Waals surface area contributed by atoms with Gasteiger partial charge >= 0.3 is 6.18 Å². The summed E-state index contributed by atoms with van der Waals surface area (Å²) in [5.74, 6) is 0.800. The van der Waals surface area contributed by atoms with Crippen LogP contribution in [0.1, 0.15) is 11.3 Å². The third kappa shape index (κ3) is 3.47. The number of pyridine rings is 1. The molecule has 0 aliphatic heterocycles. The first-order chi connectivity index (χ1) is 8.99. The number of aromatic nitrogens is 1. The normalized spacial score (nSPS) is 11.4. The molecule has 2 nitrogen and oxygen atoms in total. The lowest BCUT2D eigenvalue weighted by molar-refractivity contribution is -0.141. The number of hydrogen-bond acceptors (Lipinski definition) is 2. The van der Waals surface area contributed by atoms with Crippen LogP contribution in [0.5, 0.6) is 11.5 Å². The smallest absolute Gasteiger partial charge is 0.433 e. The lowest BCUT2D eigenvalue weighted by Gasteiger charge is -2.08. The summed E-state index contributed by atoms with van der Waals surface area (Å²) in [6.07, 6.45) is -2.71. The predicted octanol–water partition coefficient (Wildman–Crippen LogP) is 4.27. The number of hydrogen-bond donors (Lipinski definition) is 0. The highest BCUT2D eigenvalue weighted by Crippen LogP contribution is 2.29. The van der Waals surface area contributed by atoms with Crippen LogP contribution in [0.2, 0.25) is 0 Å². The summed E-state index contributed by atoms with van der Waals surface area (Å²) >= 11 is 0. The van der Waals surface area contributed by atoms with Gasteiger partial charge in [-0.05, 0) is 43.2 Å². The van der Waals surface area contributed by atoms with E-state index in [1.54, 1.807) is 12.1 Å². The van der Waals surface area contributed by atoms with E-state index in [2.05, 4.69) is 11.9 Å². The maximum atomic E-state index is 12.3. The molecule has 0 aliphatic rings. The van der Waals surface area contributed by atoms with E-state index in [0.29, 0.717) is 12.2 Å². The Kier molecular flexibility index (Phi) is 3.74. The summed E-state index contributed by atoms with van der Waals surface area (Å²) in [5.41, 5.74) is 0.116. The van der Waals surface area contributed by atoms with E-state index in [9.17, 15) is 13.2 Å². The molecule has 0 unspecified atom stereocenters. The number of rotatable bonds is 3. The lowest BCUT2D eigenvalue weighted by atomic mass is 10.2. The van der Waals surface area contributed by atoms with Crippen LogP contribution in [0.4, 0.5) is 13.2 Å². The Labute approximate surface area is 108 Å². The molecule has 0 N–H and O–H groups in total. The summed E-state index contributed by atoms with van der Waals surface area (Å²) in [6.45, 7) is 3.74. The van der Waals surface area contributed by atoms with Crippen LogP contribution in [0.25, 0.3) is 0 Å². The van der Waals surface area contributed by atoms with Gasteiger partial charge in [0, 0.05) is 0 Å². The molecule has 1 heterocycles. The predicted molar refractivity (Wildman–Crippen MR) is 64.8 cm³/mol. The molecule has 19 heavy (non-hydrogen) atoms. The molecule has 0 atom stereocenters. The van der Waals surface area contributed by atoms with Gasteiger partial charge in [0.15, 0.2) is 0 Å². The van der Waals surface area contributed by atoms with Gasteiger partial charge in [0.1, 0.15) is 17.2 Å². The number of ether oxygens (including phenoxy) is 1. The Hall–Kier alpha value is -2.04. The Morgan fingerprint density at radius 1 is 1.00 bits per heavy atom. The van der Waals surface area contributed by atoms with E-state index in [0.717, 1.165) is 17.8 Å². The van der Waals surface area contributed by atoms with Crippen molar-refractivity contribution in [1.82, 2.24) is 4.98 Å². The topological polar surface area (TPSA) is 22.1 Å². The summed E-state index contributed by atoms with van der Waals surface area (Å²) in [6, 6.07) is 9.29. The molecule has 5 heteroatoms. The van der Waals surface area contributed by atoms with Crippen LogP contribution >= 0.6 is 0 Å². The zero-order valence-corrected chi connectivity index (χ0v) is 9.95. The Morgan fingerprint density at radius 2 is 1.63 bits per heavy atom. The Bertz CT molecular complexity index is 532. The highest BCUT2D eigenvalue weighted by molar-refractivity contribution is 5.32. The molecule has 0 amide bonds. The monoisotopic (exact) mass is 266 g/mol. The van der Waals surface area contributed by atoms with Gasteiger partial charge in [-0.1, -0.05) is 12.1 Å². The second-order valence-electron chi connectivity index (χ2n) is 3.87. The molecular formula is C14H11F3NO. The van der Waals surface area contributed by atoms with Crippen molar-refractivity contribution in [3.63, 3.8) is 0 Å². The molecular weight excluding hydrogens is 255 g/mol. The summed E-state index contributed by atoms with van der Waals surface area (Å²) in [7, 11) is 0. The zero-order valence-electron chi connectivity index (χ0n) is 9.95. The minimum Gasteiger partial charge on any atom is -0.456 e. The van der Waals surface area contributed by atoms with E-state index in [4.69, 9.17) is 4.74 Å². The van der Waals surface area contributed by atoms with Gasteiger partial charge < -0.3 is 4.74 Å². The highest BCUT2D eigenvalue weighted by atomic mass is 19.4. The molecule has 0 fully saturated rings. The Balaban J connectivity index is 2.10. The van der Waals surface area contributed by atoms with Crippen molar-refractivity contribution >= 4 is 0 Å². The maximum Gasteiger partial charge on any atom is 0.433 e. The molecule has 2 aromatic rings. The molecule has 1 aromatic heterocycles. The third-order valence-corrected chi connectivity index (χ3v) is 2.47. The van der Waals surface area contributed by atoms with Crippen molar-refractivity contribution in [2.24, 2.45) is 0 Å². The van der Waals surface area contributed by atoms with Crippen LogP contribution in [-0.2, 0) is 12.6 Å². The second kappa shape index (κ2) is 5.30. The van der Waals surface area contributed by atoms with E-state index in [-0.39, 0.29) is 5.75 Å². The summed E-state index contributed by atoms with van der Waals surface area (Å²) in [5, 5.41) is 0. The van der Waals surface area contributed by atoms with Crippen molar-refractivity contribution in [2.75, 3.05) is 0 Å². The van der Waals surface area contributed by atoms with Crippen molar-refractivity contribution in [2.45, 2.75) is 12.6 Å². The maximum absolute atomic E-state index is 12.3. The van der Waals surface area contributed by atoms with Crippen molar-refractivity contribution < 1.29 is 17.9 Å². The van der Waals surface area contributed by atoms with Crippen molar-refractivity contribution in [1.29, 1.82) is 0 Å². The minimum absolute atomic E-state index is 0.260. The number of halogens is 3. The third-order valence-electron chi connectivity index (χ3n) is 2.47. The van der Waals surface area contributed by atoms with Gasteiger partial charge in [0.05, 0.1) is 6.20 Å². The molecule has 2 rings (SSSR count). The fraction of sp³-hybridized carbons (Fsp3) is 0.143. The Morgan fingerprint density at radius 3 is 2.11 bits per heavy atom. The lowest BCUT2D eigenvalue weighted by Crippen LogP contribution is -2.07. The molecule has 0 spiro atoms. The summed E-state index contributed by atoms with van der Waals surface area (Å²) < 4.78 is 42.4. The molecule has 0 saturated heterocycles. The standard InChI is InChI=1S/C14H11F3NO/c1-2-10-3-5-11(6-4-10)19-12-7-8-13(18-9-12)14(15,16)17/h3-9H,1-2H2. The van der Waals surface area contributed by atoms with Gasteiger partial charge in [-0.15, -0.1) is 0 Å². The molecule has 0 bridgehead atoms. The minimum atomic E-state index is -4.44. The molecule has 1 radical (unpaired) electrons. The van der Waals surface area contributed by atoms with Crippen LogP contribution in [0.15, 0.2) is 42.6 Å². The molecule has 99 valence electrons. The fourth-order valence-electron chi connectivity index (χ4n) is 1.47. The average Bonchev–Trinajstić information content (AvgIpc) is 2.39. The molecule has 0 saturated carbocycles. The average molecular weight is 266 g/mol. The second-order valence-corrected chi connectivity index (χ2v) is 3.87.